The average molecular weight is 495 g/mol. The van der Waals surface area contributed by atoms with Crippen LogP contribution >= 0.6 is 11.8 Å². The summed E-state index contributed by atoms with van der Waals surface area (Å²) < 4.78 is 5.65. The van der Waals surface area contributed by atoms with Crippen LogP contribution in [0.2, 0.25) is 0 Å². The zero-order valence-electron chi connectivity index (χ0n) is 19.7. The molecule has 3 N–H and O–H groups in total. The van der Waals surface area contributed by atoms with Crippen LogP contribution in [0.5, 0.6) is 0 Å². The lowest BCUT2D eigenvalue weighted by Gasteiger charge is -2.21. The molecule has 0 bridgehead atoms. The molecule has 7 nitrogen and oxygen atoms in total. The highest BCUT2D eigenvalue weighted by atomic mass is 32.2. The molecule has 0 spiro atoms. The van der Waals surface area contributed by atoms with E-state index in [9.17, 15) is 19.5 Å². The molecule has 5 rings (SSSR count). The number of ether oxygens (including phenoxy) is 1. The van der Waals surface area contributed by atoms with Crippen molar-refractivity contribution in [2.24, 2.45) is 11.3 Å². The first-order valence-corrected chi connectivity index (χ1v) is 13.5. The van der Waals surface area contributed by atoms with E-state index in [1.807, 2.05) is 30.5 Å². The molecule has 2 amide bonds. The Morgan fingerprint density at radius 1 is 1.09 bits per heavy atom. The summed E-state index contributed by atoms with van der Waals surface area (Å²) in [7, 11) is 0. The van der Waals surface area contributed by atoms with Crippen LogP contribution in [0.4, 0.5) is 4.79 Å². The third-order valence-electron chi connectivity index (χ3n) is 7.74. The van der Waals surface area contributed by atoms with Crippen LogP contribution in [0.25, 0.3) is 11.1 Å². The number of carboxylic acids is 1. The molecule has 0 heterocycles. The van der Waals surface area contributed by atoms with Gasteiger partial charge in [0.2, 0.25) is 5.91 Å². The van der Waals surface area contributed by atoms with Gasteiger partial charge in [0.05, 0.1) is 5.41 Å². The molecule has 2 aromatic rings. The van der Waals surface area contributed by atoms with E-state index in [-0.39, 0.29) is 30.4 Å². The van der Waals surface area contributed by atoms with Crippen LogP contribution in [0.15, 0.2) is 48.5 Å². The molecule has 184 valence electrons. The van der Waals surface area contributed by atoms with Crippen LogP contribution in [-0.2, 0) is 14.3 Å². The van der Waals surface area contributed by atoms with Gasteiger partial charge in [-0.15, -0.1) is 0 Å². The molecular weight excluding hydrogens is 464 g/mol. The molecule has 0 aromatic heterocycles. The minimum absolute atomic E-state index is 0.00325. The number of alkyl carbamates (subject to hydrolysis) is 1. The van der Waals surface area contributed by atoms with Gasteiger partial charge in [-0.3, -0.25) is 4.79 Å². The number of carboxylic acid groups (broad SMARTS) is 1. The zero-order valence-corrected chi connectivity index (χ0v) is 20.5. The van der Waals surface area contributed by atoms with E-state index >= 15 is 0 Å². The monoisotopic (exact) mass is 494 g/mol. The Balaban J connectivity index is 1.15. The molecule has 2 fully saturated rings. The molecule has 3 aliphatic carbocycles. The van der Waals surface area contributed by atoms with E-state index < -0.39 is 23.5 Å². The van der Waals surface area contributed by atoms with E-state index in [2.05, 4.69) is 34.9 Å². The summed E-state index contributed by atoms with van der Waals surface area (Å²) >= 11 is 1.55. The number of carbonyl (C=O) groups is 3. The average Bonchev–Trinajstić information content (AvgIpc) is 3.28. The van der Waals surface area contributed by atoms with Crippen LogP contribution in [0.1, 0.15) is 42.7 Å². The van der Waals surface area contributed by atoms with Crippen molar-refractivity contribution in [1.29, 1.82) is 0 Å². The van der Waals surface area contributed by atoms with Gasteiger partial charge in [0.25, 0.3) is 0 Å². The summed E-state index contributed by atoms with van der Waals surface area (Å²) in [5.74, 6) is -0.368. The van der Waals surface area contributed by atoms with Crippen molar-refractivity contribution in [3.05, 3.63) is 59.7 Å². The van der Waals surface area contributed by atoms with Gasteiger partial charge in [-0.05, 0) is 65.9 Å². The Kier molecular flexibility index (Phi) is 6.49. The molecule has 8 heteroatoms. The van der Waals surface area contributed by atoms with Crippen LogP contribution in [-0.4, -0.2) is 53.8 Å². The number of benzene rings is 2. The Labute approximate surface area is 209 Å². The highest BCUT2D eigenvalue weighted by Gasteiger charge is 2.65. The van der Waals surface area contributed by atoms with Gasteiger partial charge < -0.3 is 20.5 Å². The van der Waals surface area contributed by atoms with E-state index in [0.717, 1.165) is 17.5 Å². The van der Waals surface area contributed by atoms with Gasteiger partial charge in [-0.1, -0.05) is 48.5 Å². The molecule has 0 radical (unpaired) electrons. The molecule has 2 aromatic carbocycles. The van der Waals surface area contributed by atoms with Gasteiger partial charge in [0.1, 0.15) is 12.6 Å². The maximum Gasteiger partial charge on any atom is 0.407 e. The first-order chi connectivity index (χ1) is 16.9. The summed E-state index contributed by atoms with van der Waals surface area (Å²) in [6.07, 6.45) is 3.80. The Morgan fingerprint density at radius 2 is 1.74 bits per heavy atom. The third kappa shape index (κ3) is 4.51. The molecule has 3 aliphatic rings. The van der Waals surface area contributed by atoms with Crippen molar-refractivity contribution in [2.75, 3.05) is 18.6 Å². The van der Waals surface area contributed by atoms with E-state index in [0.29, 0.717) is 25.0 Å². The van der Waals surface area contributed by atoms with Crippen molar-refractivity contribution < 1.29 is 24.2 Å². The molecule has 0 aliphatic heterocycles. The largest absolute Gasteiger partial charge is 0.480 e. The van der Waals surface area contributed by atoms with E-state index in [1.54, 1.807) is 11.8 Å². The quantitative estimate of drug-likeness (QED) is 0.487. The van der Waals surface area contributed by atoms with Gasteiger partial charge in [0, 0.05) is 12.0 Å². The number of rotatable bonds is 9. The fourth-order valence-electron chi connectivity index (χ4n) is 5.89. The van der Waals surface area contributed by atoms with Gasteiger partial charge in [-0.2, -0.15) is 11.8 Å². The van der Waals surface area contributed by atoms with E-state index in [1.165, 1.54) is 11.1 Å². The minimum atomic E-state index is -1.01. The van der Waals surface area contributed by atoms with Crippen LogP contribution in [0, 0.1) is 11.3 Å². The number of fused-ring (bicyclic) bond motifs is 4. The number of carbonyl (C=O) groups excluding carboxylic acids is 2. The highest BCUT2D eigenvalue weighted by molar-refractivity contribution is 7.98. The summed E-state index contributed by atoms with van der Waals surface area (Å²) in [5.41, 5.74) is 4.12. The van der Waals surface area contributed by atoms with Crippen molar-refractivity contribution in [2.45, 2.75) is 43.7 Å². The second-order valence-corrected chi connectivity index (χ2v) is 10.8. The first kappa shape index (κ1) is 23.7. The maximum atomic E-state index is 12.9. The number of amides is 2. The predicted octanol–water partition coefficient (Wildman–Crippen LogP) is 4.02. The van der Waals surface area contributed by atoms with Gasteiger partial charge in [-0.25, -0.2) is 9.59 Å². The molecule has 3 unspecified atom stereocenters. The number of nitrogens with one attached hydrogen (secondary N) is 2. The molecule has 35 heavy (non-hydrogen) atoms. The minimum Gasteiger partial charge on any atom is -0.480 e. The lowest BCUT2D eigenvalue weighted by Crippen LogP contribution is -2.45. The summed E-state index contributed by atoms with van der Waals surface area (Å²) in [6, 6.07) is 15.4. The third-order valence-corrected chi connectivity index (χ3v) is 8.39. The van der Waals surface area contributed by atoms with Crippen molar-refractivity contribution in [3.8, 4) is 11.1 Å². The molecule has 4 atom stereocenters. The number of thioether (sulfide) groups is 1. The fraction of sp³-hybridized carbons (Fsp3) is 0.444. The molecular formula is C27H30N2O5S. The maximum absolute atomic E-state index is 12.9. The Morgan fingerprint density at radius 3 is 2.37 bits per heavy atom. The summed E-state index contributed by atoms with van der Waals surface area (Å²) in [5, 5.41) is 15.1. The first-order valence-electron chi connectivity index (χ1n) is 12.1. The van der Waals surface area contributed by atoms with Crippen molar-refractivity contribution in [3.63, 3.8) is 0 Å². The molecule has 0 saturated heterocycles. The van der Waals surface area contributed by atoms with Crippen molar-refractivity contribution in [1.82, 2.24) is 10.6 Å². The summed E-state index contributed by atoms with van der Waals surface area (Å²) in [6.45, 7) is 0.247. The van der Waals surface area contributed by atoms with Gasteiger partial charge in [0.15, 0.2) is 0 Å². The fourth-order valence-corrected chi connectivity index (χ4v) is 6.36. The lowest BCUT2D eigenvalue weighted by atomic mass is 9.98. The number of aliphatic carboxylic acids is 1. The smallest absolute Gasteiger partial charge is 0.407 e. The SMILES string of the molecule is CSCC[C@@H](NC(=O)C12CC(NC(=O)OCC3c4ccccc4-c4ccccc43)CC1C2)C(=O)O. The summed E-state index contributed by atoms with van der Waals surface area (Å²) in [4.78, 5) is 37.1. The van der Waals surface area contributed by atoms with Gasteiger partial charge >= 0.3 is 12.1 Å². The van der Waals surface area contributed by atoms with Crippen LogP contribution in [0.3, 0.4) is 0 Å². The van der Waals surface area contributed by atoms with E-state index in [4.69, 9.17) is 4.74 Å². The van der Waals surface area contributed by atoms with Crippen LogP contribution < -0.4 is 10.6 Å². The van der Waals surface area contributed by atoms with Crippen molar-refractivity contribution >= 4 is 29.7 Å². The number of hydrogen-bond acceptors (Lipinski definition) is 5. The molecule has 2 saturated carbocycles. The second-order valence-electron chi connectivity index (χ2n) is 9.81. The standard InChI is InChI=1S/C27H30N2O5S/c1-35-11-10-23(24(30)31)29-25(32)27-13-16(27)12-17(14-27)28-26(33)34-15-22-20-8-4-2-6-18(20)19-7-3-5-9-21(19)22/h2-9,16-17,22-23H,10-15H2,1H3,(H,28,33)(H,29,32)(H,30,31)/t16?,17?,23-,27?/m1/s1. The predicted molar refractivity (Wildman–Crippen MR) is 134 cm³/mol. The number of hydrogen-bond donors (Lipinski definition) is 3. The Bertz CT molecular complexity index is 1110. The lowest BCUT2D eigenvalue weighted by molar-refractivity contribution is -0.142. The zero-order chi connectivity index (χ0) is 24.6. The second kappa shape index (κ2) is 9.57. The normalized spacial score (nSPS) is 24.6. The highest BCUT2D eigenvalue weighted by Crippen LogP contribution is 2.63. The topological polar surface area (TPSA) is 105 Å². The Hall–Kier alpha value is -3.00.